The molecule has 11 aromatic rings. The van der Waals surface area contributed by atoms with Crippen LogP contribution in [0.5, 0.6) is 0 Å². The maximum absolute atomic E-state index is 2.43. The molecule has 0 unspecified atom stereocenters. The Bertz CT molecular complexity index is 3240. The predicted molar refractivity (Wildman–Crippen MR) is 243 cm³/mol. The van der Waals surface area contributed by atoms with Gasteiger partial charge in [0.2, 0.25) is 0 Å². The maximum Gasteiger partial charge on any atom is 0.0546 e. The van der Waals surface area contributed by atoms with Crippen LogP contribution < -0.4 is 4.90 Å². The van der Waals surface area contributed by atoms with Gasteiger partial charge in [0.25, 0.3) is 0 Å². The Kier molecular flexibility index (Phi) is 7.75. The third-order valence-corrected chi connectivity index (χ3v) is 12.5. The minimum absolute atomic E-state index is 1.11. The van der Waals surface area contributed by atoms with Crippen molar-refractivity contribution < 1.29 is 0 Å². The summed E-state index contributed by atoms with van der Waals surface area (Å²) in [7, 11) is 0. The molecule has 1 nitrogen and oxygen atoms in total. The van der Waals surface area contributed by atoms with E-state index in [1.807, 2.05) is 11.3 Å². The number of hydrogen-bond donors (Lipinski definition) is 0. The average molecular weight is 730 g/mol. The van der Waals surface area contributed by atoms with Crippen LogP contribution in [0, 0.1) is 0 Å². The van der Waals surface area contributed by atoms with Crippen LogP contribution in [0.25, 0.3) is 85.9 Å². The fourth-order valence-electron chi connectivity index (χ4n) is 8.56. The number of nitrogens with zero attached hydrogens (tertiary/aromatic N) is 1. The first-order valence-corrected chi connectivity index (χ1v) is 20.0. The van der Waals surface area contributed by atoms with Crippen LogP contribution >= 0.6 is 11.3 Å². The molecule has 0 N–H and O–H groups in total. The molecule has 262 valence electrons. The largest absolute Gasteiger partial charge is 0.310 e. The maximum atomic E-state index is 2.43. The lowest BCUT2D eigenvalue weighted by Crippen LogP contribution is -2.10. The second kappa shape index (κ2) is 13.4. The summed E-state index contributed by atoms with van der Waals surface area (Å²) in [5.74, 6) is 0. The van der Waals surface area contributed by atoms with E-state index in [0.717, 1.165) is 17.1 Å². The zero-order valence-electron chi connectivity index (χ0n) is 30.6. The summed E-state index contributed by atoms with van der Waals surface area (Å²) in [5.41, 5.74) is 10.7. The molecular formula is C54H35NS. The Morgan fingerprint density at radius 2 is 0.857 bits per heavy atom. The van der Waals surface area contributed by atoms with Crippen molar-refractivity contribution in [1.29, 1.82) is 0 Å². The molecule has 0 spiro atoms. The van der Waals surface area contributed by atoms with Crippen molar-refractivity contribution in [2.45, 2.75) is 0 Å². The van der Waals surface area contributed by atoms with Gasteiger partial charge in [0.05, 0.1) is 5.69 Å². The molecule has 0 aliphatic carbocycles. The summed E-state index contributed by atoms with van der Waals surface area (Å²) < 4.78 is 2.66. The first-order valence-electron chi connectivity index (χ1n) is 19.2. The highest BCUT2D eigenvalue weighted by molar-refractivity contribution is 7.26. The second-order valence-corrected chi connectivity index (χ2v) is 15.5. The summed E-state index contributed by atoms with van der Waals surface area (Å²) in [6.45, 7) is 0. The molecule has 0 fully saturated rings. The van der Waals surface area contributed by atoms with Gasteiger partial charge >= 0.3 is 0 Å². The van der Waals surface area contributed by atoms with Crippen LogP contribution in [-0.4, -0.2) is 0 Å². The number of thiophene rings is 1. The minimum Gasteiger partial charge on any atom is -0.310 e. The average Bonchev–Trinajstić information content (AvgIpc) is 3.66. The zero-order chi connectivity index (χ0) is 37.0. The Labute approximate surface area is 330 Å². The summed E-state index contributed by atoms with van der Waals surface area (Å²) in [6, 6.07) is 77.7. The Morgan fingerprint density at radius 3 is 1.66 bits per heavy atom. The molecular weight excluding hydrogens is 695 g/mol. The first kappa shape index (κ1) is 32.4. The lowest BCUT2D eigenvalue weighted by atomic mass is 9.95. The van der Waals surface area contributed by atoms with Crippen molar-refractivity contribution in [3.05, 3.63) is 212 Å². The molecule has 1 heterocycles. The van der Waals surface area contributed by atoms with Crippen molar-refractivity contribution in [1.82, 2.24) is 0 Å². The van der Waals surface area contributed by atoms with E-state index in [1.165, 1.54) is 85.9 Å². The van der Waals surface area contributed by atoms with Gasteiger partial charge < -0.3 is 4.90 Å². The smallest absolute Gasteiger partial charge is 0.0546 e. The molecule has 0 radical (unpaired) electrons. The third kappa shape index (κ3) is 5.46. The molecule has 11 rings (SSSR count). The van der Waals surface area contributed by atoms with E-state index in [-0.39, 0.29) is 0 Å². The van der Waals surface area contributed by atoms with Crippen molar-refractivity contribution in [3.8, 4) is 33.4 Å². The van der Waals surface area contributed by atoms with Gasteiger partial charge in [-0.1, -0.05) is 170 Å². The van der Waals surface area contributed by atoms with Crippen LogP contribution in [-0.2, 0) is 0 Å². The highest BCUT2D eigenvalue weighted by atomic mass is 32.1. The molecule has 2 heteroatoms. The van der Waals surface area contributed by atoms with Gasteiger partial charge in [-0.05, 0) is 103 Å². The summed E-state index contributed by atoms with van der Waals surface area (Å²) in [5, 5.41) is 10.1. The lowest BCUT2D eigenvalue weighted by molar-refractivity contribution is 1.30. The summed E-state index contributed by atoms with van der Waals surface area (Å²) in [6.07, 6.45) is 0. The SMILES string of the molecule is c1cc(-c2ccc(N(c3ccc(-c4cccc5c4sc4ccccc45)cc3)c3cc4ccccc4c4ccccc34)cc2)cc(-c2cccc3ccccc23)c1. The quantitative estimate of drug-likeness (QED) is 0.154. The molecule has 0 atom stereocenters. The Morgan fingerprint density at radius 1 is 0.304 bits per heavy atom. The number of benzene rings is 10. The van der Waals surface area contributed by atoms with Crippen molar-refractivity contribution in [3.63, 3.8) is 0 Å². The van der Waals surface area contributed by atoms with Crippen LogP contribution in [0.3, 0.4) is 0 Å². The molecule has 0 aliphatic rings. The van der Waals surface area contributed by atoms with Gasteiger partial charge in [-0.3, -0.25) is 0 Å². The van der Waals surface area contributed by atoms with E-state index in [9.17, 15) is 0 Å². The van der Waals surface area contributed by atoms with E-state index >= 15 is 0 Å². The van der Waals surface area contributed by atoms with E-state index in [4.69, 9.17) is 0 Å². The first-order chi connectivity index (χ1) is 27.8. The van der Waals surface area contributed by atoms with Gasteiger partial charge in [0.15, 0.2) is 0 Å². The van der Waals surface area contributed by atoms with Crippen LogP contribution in [0.15, 0.2) is 212 Å². The fourth-order valence-corrected chi connectivity index (χ4v) is 9.80. The predicted octanol–water partition coefficient (Wildman–Crippen LogP) is 16.0. The van der Waals surface area contributed by atoms with Gasteiger partial charge in [-0.2, -0.15) is 0 Å². The Hall–Kier alpha value is -7.00. The fraction of sp³-hybridized carbons (Fsp3) is 0. The zero-order valence-corrected chi connectivity index (χ0v) is 31.4. The summed E-state index contributed by atoms with van der Waals surface area (Å²) in [4.78, 5) is 2.43. The molecule has 10 aromatic carbocycles. The van der Waals surface area contributed by atoms with Gasteiger partial charge in [0, 0.05) is 36.9 Å². The number of fused-ring (bicyclic) bond motifs is 7. The van der Waals surface area contributed by atoms with Crippen molar-refractivity contribution in [2.75, 3.05) is 4.90 Å². The van der Waals surface area contributed by atoms with Crippen molar-refractivity contribution >= 4 is 80.9 Å². The van der Waals surface area contributed by atoms with Crippen LogP contribution in [0.2, 0.25) is 0 Å². The number of anilines is 3. The third-order valence-electron chi connectivity index (χ3n) is 11.2. The molecule has 0 aliphatic heterocycles. The normalized spacial score (nSPS) is 11.6. The standard InChI is InChI=1S/C54H35NS/c1-3-17-44-37(12-1)14-10-22-45(44)40-16-9-15-39(34-40)36-26-30-42(31-27-36)55(52-35-41-13-2-4-18-46(41)48-19-5-6-20-49(48)52)43-32-28-38(29-33-43)47-23-11-24-51-50-21-7-8-25-53(50)56-54(47)51/h1-35H. The number of hydrogen-bond acceptors (Lipinski definition) is 2. The molecule has 1 aromatic heterocycles. The van der Waals surface area contributed by atoms with E-state index in [1.54, 1.807) is 0 Å². The minimum atomic E-state index is 1.11. The Balaban J connectivity index is 1.03. The molecule has 0 bridgehead atoms. The van der Waals surface area contributed by atoms with Crippen molar-refractivity contribution in [2.24, 2.45) is 0 Å². The molecule has 0 amide bonds. The van der Waals surface area contributed by atoms with Gasteiger partial charge in [-0.25, -0.2) is 0 Å². The van der Waals surface area contributed by atoms with E-state index < -0.39 is 0 Å². The molecule has 0 saturated heterocycles. The molecule has 0 saturated carbocycles. The highest BCUT2D eigenvalue weighted by Crippen LogP contribution is 2.44. The second-order valence-electron chi connectivity index (χ2n) is 14.5. The molecule has 56 heavy (non-hydrogen) atoms. The monoisotopic (exact) mass is 729 g/mol. The van der Waals surface area contributed by atoms with Crippen LogP contribution in [0.1, 0.15) is 0 Å². The lowest BCUT2D eigenvalue weighted by Gasteiger charge is -2.28. The number of rotatable bonds is 6. The summed E-state index contributed by atoms with van der Waals surface area (Å²) >= 11 is 1.88. The van der Waals surface area contributed by atoms with Crippen LogP contribution in [0.4, 0.5) is 17.1 Å². The van der Waals surface area contributed by atoms with E-state index in [0.29, 0.717) is 0 Å². The van der Waals surface area contributed by atoms with E-state index in [2.05, 4.69) is 217 Å². The topological polar surface area (TPSA) is 3.24 Å². The van der Waals surface area contributed by atoms with Gasteiger partial charge in [0.1, 0.15) is 0 Å². The van der Waals surface area contributed by atoms with Gasteiger partial charge in [-0.15, -0.1) is 11.3 Å². The highest BCUT2D eigenvalue weighted by Gasteiger charge is 2.19.